The molecule has 5 aliphatic rings. The van der Waals surface area contributed by atoms with Crippen molar-refractivity contribution in [3.8, 4) is 0 Å². The number of esters is 2. The van der Waals surface area contributed by atoms with E-state index in [-0.39, 0.29) is 5.97 Å². The Morgan fingerprint density at radius 1 is 1.09 bits per heavy atom. The number of rotatable bonds is 5. The zero-order chi connectivity index (χ0) is 22.5. The first-order valence-electron chi connectivity index (χ1n) is 11.7. The first-order chi connectivity index (χ1) is 15.3. The lowest BCUT2D eigenvalue weighted by molar-refractivity contribution is -0.196. The van der Waals surface area contributed by atoms with Crippen LogP contribution in [0.5, 0.6) is 0 Å². The Hall–Kier alpha value is -1.93. The number of thiophene rings is 1. The molecule has 1 heterocycles. The van der Waals surface area contributed by atoms with Crippen LogP contribution in [0, 0.1) is 17.3 Å². The summed E-state index contributed by atoms with van der Waals surface area (Å²) < 4.78 is 10.5. The maximum Gasteiger partial charge on any atom is 0.341 e. The van der Waals surface area contributed by atoms with Crippen LogP contribution in [0.15, 0.2) is 0 Å². The van der Waals surface area contributed by atoms with Crippen molar-refractivity contribution < 1.29 is 29.0 Å². The van der Waals surface area contributed by atoms with Crippen LogP contribution >= 0.6 is 11.3 Å². The van der Waals surface area contributed by atoms with Crippen LogP contribution in [-0.4, -0.2) is 42.3 Å². The molecule has 0 aromatic carbocycles. The van der Waals surface area contributed by atoms with Crippen LogP contribution in [0.1, 0.15) is 78.6 Å². The van der Waals surface area contributed by atoms with Gasteiger partial charge in [-0.1, -0.05) is 6.42 Å². The molecule has 6 rings (SSSR count). The van der Waals surface area contributed by atoms with Crippen molar-refractivity contribution in [2.75, 3.05) is 19.0 Å². The first-order valence-corrected chi connectivity index (χ1v) is 12.5. The van der Waals surface area contributed by atoms with E-state index >= 15 is 0 Å². The lowest BCUT2D eigenvalue weighted by atomic mass is 9.48. The molecule has 4 saturated carbocycles. The number of carbonyl (C=O) groups is 3. The topological polar surface area (TPSA) is 102 Å². The predicted molar refractivity (Wildman–Crippen MR) is 119 cm³/mol. The second-order valence-corrected chi connectivity index (χ2v) is 11.5. The summed E-state index contributed by atoms with van der Waals surface area (Å²) >= 11 is 1.42. The molecule has 8 heteroatoms. The van der Waals surface area contributed by atoms with Gasteiger partial charge in [0.25, 0.3) is 5.91 Å². The fourth-order valence-electron chi connectivity index (χ4n) is 7.05. The Morgan fingerprint density at radius 2 is 1.81 bits per heavy atom. The van der Waals surface area contributed by atoms with E-state index in [9.17, 15) is 19.5 Å². The summed E-state index contributed by atoms with van der Waals surface area (Å²) in [5, 5.41) is 14.1. The number of carbonyl (C=O) groups excluding carboxylic acids is 3. The maximum absolute atomic E-state index is 13.0. The van der Waals surface area contributed by atoms with E-state index in [4.69, 9.17) is 9.47 Å². The summed E-state index contributed by atoms with van der Waals surface area (Å²) in [6, 6.07) is 0. The van der Waals surface area contributed by atoms with E-state index in [1.54, 1.807) is 0 Å². The van der Waals surface area contributed by atoms with Crippen LogP contribution in [0.2, 0.25) is 0 Å². The number of hydrogen-bond acceptors (Lipinski definition) is 7. The molecule has 0 radical (unpaired) electrons. The number of hydrogen-bond donors (Lipinski definition) is 2. The van der Waals surface area contributed by atoms with Crippen LogP contribution in [0.25, 0.3) is 0 Å². The Bertz CT molecular complexity index is 939. The Labute approximate surface area is 191 Å². The molecule has 32 heavy (non-hydrogen) atoms. The van der Waals surface area contributed by atoms with Gasteiger partial charge in [-0.25, -0.2) is 4.79 Å². The third-order valence-corrected chi connectivity index (χ3v) is 9.07. The van der Waals surface area contributed by atoms with Gasteiger partial charge >= 0.3 is 11.9 Å². The van der Waals surface area contributed by atoms with E-state index < -0.39 is 29.5 Å². The third-order valence-electron chi connectivity index (χ3n) is 7.86. The van der Waals surface area contributed by atoms with E-state index in [0.717, 1.165) is 74.6 Å². The van der Waals surface area contributed by atoms with E-state index in [1.165, 1.54) is 18.4 Å². The van der Waals surface area contributed by atoms with Crippen LogP contribution in [0.4, 0.5) is 5.00 Å². The molecular weight excluding hydrogens is 430 g/mol. The molecule has 1 aromatic heterocycles. The number of aliphatic hydroxyl groups is 1. The quantitative estimate of drug-likeness (QED) is 0.513. The molecule has 0 aliphatic heterocycles. The summed E-state index contributed by atoms with van der Waals surface area (Å²) in [6.45, 7) is -0.391. The summed E-state index contributed by atoms with van der Waals surface area (Å²) in [5.41, 5.74) is 0.0115. The van der Waals surface area contributed by atoms with Crippen molar-refractivity contribution in [2.45, 2.75) is 76.2 Å². The average molecular weight is 462 g/mol. The maximum atomic E-state index is 13.0. The van der Waals surface area contributed by atoms with Crippen LogP contribution in [-0.2, 0) is 31.9 Å². The minimum Gasteiger partial charge on any atom is -0.465 e. The predicted octanol–water partition coefficient (Wildman–Crippen LogP) is 3.62. The van der Waals surface area contributed by atoms with Crippen molar-refractivity contribution in [2.24, 2.45) is 17.3 Å². The fraction of sp³-hybridized carbons (Fsp3) is 0.708. The fourth-order valence-corrected chi connectivity index (χ4v) is 8.34. The molecule has 4 fully saturated rings. The Balaban J connectivity index is 1.26. The van der Waals surface area contributed by atoms with E-state index in [1.807, 2.05) is 0 Å². The SMILES string of the molecule is COC(=O)c1c(NC(=O)COC(=O)C23CC4CC(CC(O)(C4)C2)C3)sc2c1CCCCC2. The number of ether oxygens (including phenoxy) is 2. The number of methoxy groups -OCH3 is 1. The average Bonchev–Trinajstić information content (AvgIpc) is 2.89. The van der Waals surface area contributed by atoms with Crippen molar-refractivity contribution in [3.63, 3.8) is 0 Å². The van der Waals surface area contributed by atoms with Crippen LogP contribution < -0.4 is 5.32 Å². The zero-order valence-electron chi connectivity index (χ0n) is 18.5. The highest BCUT2D eigenvalue weighted by Gasteiger charge is 2.60. The summed E-state index contributed by atoms with van der Waals surface area (Å²) in [6.07, 6.45) is 9.46. The molecule has 1 aromatic rings. The van der Waals surface area contributed by atoms with E-state index in [2.05, 4.69) is 5.32 Å². The number of nitrogens with one attached hydrogen (secondary N) is 1. The highest BCUT2D eigenvalue weighted by atomic mass is 32.1. The largest absolute Gasteiger partial charge is 0.465 e. The number of aryl methyl sites for hydroxylation is 1. The molecule has 5 aliphatic carbocycles. The normalized spacial score (nSPS) is 32.7. The number of amides is 1. The smallest absolute Gasteiger partial charge is 0.341 e. The second-order valence-electron chi connectivity index (χ2n) is 10.4. The second kappa shape index (κ2) is 8.13. The van der Waals surface area contributed by atoms with Crippen molar-refractivity contribution in [3.05, 3.63) is 16.0 Å². The lowest BCUT2D eigenvalue weighted by Crippen LogP contribution is -2.58. The van der Waals surface area contributed by atoms with Crippen molar-refractivity contribution in [1.29, 1.82) is 0 Å². The van der Waals surface area contributed by atoms with Gasteiger partial charge in [0.1, 0.15) is 5.00 Å². The van der Waals surface area contributed by atoms with Gasteiger partial charge in [-0.3, -0.25) is 9.59 Å². The lowest BCUT2D eigenvalue weighted by Gasteiger charge is -2.58. The number of anilines is 1. The monoisotopic (exact) mass is 461 g/mol. The minimum absolute atomic E-state index is 0.365. The zero-order valence-corrected chi connectivity index (χ0v) is 19.4. The summed E-state index contributed by atoms with van der Waals surface area (Å²) in [7, 11) is 1.34. The molecule has 0 spiro atoms. The molecule has 0 saturated heterocycles. The van der Waals surface area contributed by atoms with Gasteiger partial charge in [0.2, 0.25) is 0 Å². The van der Waals surface area contributed by atoms with E-state index in [0.29, 0.717) is 28.8 Å². The first kappa shape index (κ1) is 21.9. The van der Waals surface area contributed by atoms with Gasteiger partial charge in [-0.15, -0.1) is 11.3 Å². The molecular formula is C24H31NO6S. The van der Waals surface area contributed by atoms with Gasteiger partial charge in [0, 0.05) is 4.88 Å². The third kappa shape index (κ3) is 3.85. The highest BCUT2D eigenvalue weighted by molar-refractivity contribution is 7.17. The van der Waals surface area contributed by atoms with Gasteiger partial charge in [-0.2, -0.15) is 0 Å². The molecule has 1 amide bonds. The summed E-state index contributed by atoms with van der Waals surface area (Å²) in [4.78, 5) is 39.3. The Kier molecular flexibility index (Phi) is 5.56. The standard InChI is InChI=1S/C24H31NO6S/c1-30-21(27)19-16-5-3-2-4-6-17(16)32-20(19)25-18(26)12-31-22(28)23-8-14-7-15(9-23)11-24(29,10-14)13-23/h14-15,29H,2-13H2,1H3,(H,25,26). The van der Waals surface area contributed by atoms with Crippen LogP contribution in [0.3, 0.4) is 0 Å². The van der Waals surface area contributed by atoms with Crippen molar-refractivity contribution >= 4 is 34.2 Å². The molecule has 4 bridgehead atoms. The van der Waals surface area contributed by atoms with Gasteiger partial charge in [0.15, 0.2) is 6.61 Å². The highest BCUT2D eigenvalue weighted by Crippen LogP contribution is 2.62. The van der Waals surface area contributed by atoms with Gasteiger partial charge in [0.05, 0.1) is 23.7 Å². The molecule has 2 unspecified atom stereocenters. The Morgan fingerprint density at radius 3 is 2.50 bits per heavy atom. The number of fused-ring (bicyclic) bond motifs is 1. The molecule has 174 valence electrons. The molecule has 2 N–H and O–H groups in total. The minimum atomic E-state index is -0.754. The van der Waals surface area contributed by atoms with Crippen molar-refractivity contribution in [1.82, 2.24) is 0 Å². The van der Waals surface area contributed by atoms with Gasteiger partial charge < -0.3 is 19.9 Å². The van der Waals surface area contributed by atoms with Gasteiger partial charge in [-0.05, 0) is 81.6 Å². The summed E-state index contributed by atoms with van der Waals surface area (Å²) in [5.74, 6) is -0.532. The molecule has 7 nitrogen and oxygen atoms in total. The molecule has 2 atom stereocenters.